The molecule has 0 atom stereocenters. The summed E-state index contributed by atoms with van der Waals surface area (Å²) in [7, 11) is 0. The lowest BCUT2D eigenvalue weighted by molar-refractivity contribution is 0.462. The zero-order valence-electron chi connectivity index (χ0n) is 11.3. The van der Waals surface area contributed by atoms with E-state index in [1.54, 1.807) is 24.3 Å². The minimum Gasteiger partial charge on any atom is -0.507 e. The fourth-order valence-corrected chi connectivity index (χ4v) is 1.41. The molecule has 0 aliphatic rings. The fourth-order valence-electron chi connectivity index (χ4n) is 0.962. The number of thioether (sulfide) groups is 1. The molecule has 0 saturated heterocycles. The van der Waals surface area contributed by atoms with E-state index in [1.807, 2.05) is 13.8 Å². The van der Waals surface area contributed by atoms with Gasteiger partial charge in [0.25, 0.3) is 0 Å². The monoisotopic (exact) mass is 256 g/mol. The maximum atomic E-state index is 9.98. The van der Waals surface area contributed by atoms with Gasteiger partial charge in [0.1, 0.15) is 5.75 Å². The van der Waals surface area contributed by atoms with Crippen LogP contribution in [0, 0.1) is 0 Å². The molecule has 0 bridgehead atoms. The van der Waals surface area contributed by atoms with Gasteiger partial charge in [-0.25, -0.2) is 0 Å². The lowest BCUT2D eigenvalue weighted by Gasteiger charge is -1.95. The van der Waals surface area contributed by atoms with Crippen molar-refractivity contribution in [3.8, 4) is 5.75 Å². The first-order chi connectivity index (χ1) is 8.26. The van der Waals surface area contributed by atoms with Crippen LogP contribution < -0.4 is 0 Å². The van der Waals surface area contributed by atoms with Gasteiger partial charge in [-0.15, -0.1) is 0 Å². The molecular formula is C14H24O2S. The molecule has 1 rings (SSSR count). The van der Waals surface area contributed by atoms with Crippen LogP contribution >= 0.6 is 11.8 Å². The number of hydrogen-bond donors (Lipinski definition) is 1. The molecule has 1 aromatic rings. The van der Waals surface area contributed by atoms with Crippen molar-refractivity contribution in [1.82, 2.24) is 0 Å². The number of rotatable bonds is 4. The predicted octanol–water partition coefficient (Wildman–Crippen LogP) is 4.90. The van der Waals surface area contributed by atoms with Crippen LogP contribution in [0.4, 0.5) is 0 Å². The summed E-state index contributed by atoms with van der Waals surface area (Å²) in [5, 5.41) is 9.06. The second kappa shape index (κ2) is 15.0. The maximum absolute atomic E-state index is 9.98. The van der Waals surface area contributed by atoms with E-state index in [0.29, 0.717) is 10.5 Å². The third-order valence-electron chi connectivity index (χ3n) is 1.75. The van der Waals surface area contributed by atoms with Gasteiger partial charge in [-0.1, -0.05) is 70.9 Å². The highest BCUT2D eigenvalue weighted by Crippen LogP contribution is 2.25. The van der Waals surface area contributed by atoms with E-state index in [0.717, 1.165) is 11.8 Å². The van der Waals surface area contributed by atoms with E-state index in [4.69, 9.17) is 5.11 Å². The van der Waals surface area contributed by atoms with Gasteiger partial charge in [0.15, 0.2) is 5.62 Å². The molecule has 0 unspecified atom stereocenters. The fraction of sp³-hybridized carbons (Fsp3) is 0.500. The summed E-state index contributed by atoms with van der Waals surface area (Å²) >= 11 is 0.971. The summed E-state index contributed by atoms with van der Waals surface area (Å²) in [6, 6.07) is 6.72. The van der Waals surface area contributed by atoms with Crippen LogP contribution in [0.15, 0.2) is 29.2 Å². The number of benzene rings is 1. The minimum atomic E-state index is 0.152. The van der Waals surface area contributed by atoms with Crippen LogP contribution in [-0.2, 0) is 4.79 Å². The van der Waals surface area contributed by atoms with E-state index in [2.05, 4.69) is 13.8 Å². The summed E-state index contributed by atoms with van der Waals surface area (Å²) in [4.78, 5) is 10.6. The molecule has 0 aliphatic carbocycles. The third-order valence-corrected chi connectivity index (χ3v) is 2.44. The van der Waals surface area contributed by atoms with Gasteiger partial charge in [-0.2, -0.15) is 0 Å². The molecule has 98 valence electrons. The van der Waals surface area contributed by atoms with Crippen LogP contribution in [0.3, 0.4) is 0 Å². The number of carbonyl (C=O) groups excluding carboxylic acids is 1. The highest BCUT2D eigenvalue weighted by Gasteiger charge is 1.96. The molecular weight excluding hydrogens is 232 g/mol. The molecule has 0 saturated carbocycles. The number of phenolic OH excluding ortho intramolecular Hbond substituents is 1. The van der Waals surface area contributed by atoms with E-state index in [9.17, 15) is 4.79 Å². The summed E-state index contributed by atoms with van der Waals surface area (Å²) in [6.45, 7) is 8.42. The first-order valence-corrected chi connectivity index (χ1v) is 7.02. The Labute approximate surface area is 109 Å². The van der Waals surface area contributed by atoms with Crippen LogP contribution in [0.25, 0.3) is 0 Å². The van der Waals surface area contributed by atoms with Crippen molar-refractivity contribution in [3.63, 3.8) is 0 Å². The lowest BCUT2D eigenvalue weighted by Crippen LogP contribution is -1.70. The predicted molar refractivity (Wildman–Crippen MR) is 77.3 cm³/mol. The standard InChI is InChI=1S/C7H6O2S.C5H12.C2H6/c8-5-10-7-4-2-1-3-6(7)9;1-3-5-4-2;1-2/h1-5,9H;3-5H2,1-2H3;1-2H3. The third kappa shape index (κ3) is 11.3. The van der Waals surface area contributed by atoms with Gasteiger partial charge in [0, 0.05) is 0 Å². The van der Waals surface area contributed by atoms with Gasteiger partial charge in [0.2, 0.25) is 0 Å². The Hall–Kier alpha value is -0.960. The number of unbranched alkanes of at least 4 members (excludes halogenated alkanes) is 2. The normalized spacial score (nSPS) is 8.24. The second-order valence-electron chi connectivity index (χ2n) is 3.04. The highest BCUT2D eigenvalue weighted by molar-refractivity contribution is 8.12. The Morgan fingerprint density at radius 3 is 2.06 bits per heavy atom. The second-order valence-corrected chi connectivity index (χ2v) is 3.90. The minimum absolute atomic E-state index is 0.152. The van der Waals surface area contributed by atoms with Crippen molar-refractivity contribution < 1.29 is 9.90 Å². The zero-order chi connectivity index (χ0) is 13.5. The van der Waals surface area contributed by atoms with E-state index in [-0.39, 0.29) is 5.75 Å². The Kier molecular flexibility index (Phi) is 16.3. The SMILES string of the molecule is CC.CCCCC.O=CSc1ccccc1O. The Morgan fingerprint density at radius 1 is 1.18 bits per heavy atom. The Bertz CT molecular complexity index is 273. The number of para-hydroxylation sites is 1. The molecule has 0 radical (unpaired) electrons. The van der Waals surface area contributed by atoms with E-state index in [1.165, 1.54) is 19.3 Å². The molecule has 1 N–H and O–H groups in total. The Balaban J connectivity index is 0. The molecule has 2 nitrogen and oxygen atoms in total. The van der Waals surface area contributed by atoms with Crippen LogP contribution in [0.1, 0.15) is 47.0 Å². The summed E-state index contributed by atoms with van der Waals surface area (Å²) < 4.78 is 0. The average molecular weight is 256 g/mol. The smallest absolute Gasteiger partial charge is 0.181 e. The zero-order valence-corrected chi connectivity index (χ0v) is 12.1. The summed E-state index contributed by atoms with van der Waals surface area (Å²) in [5.41, 5.74) is 0.690. The first kappa shape index (κ1) is 18.4. The quantitative estimate of drug-likeness (QED) is 0.615. The van der Waals surface area contributed by atoms with Gasteiger partial charge in [0.05, 0.1) is 4.90 Å². The summed E-state index contributed by atoms with van der Waals surface area (Å²) in [5.74, 6) is 0.152. The molecule has 0 amide bonds. The molecule has 0 aromatic heterocycles. The molecule has 3 heteroatoms. The molecule has 0 fully saturated rings. The average Bonchev–Trinajstić information content (AvgIpc) is 2.37. The topological polar surface area (TPSA) is 37.3 Å². The Morgan fingerprint density at radius 2 is 1.71 bits per heavy atom. The van der Waals surface area contributed by atoms with Crippen LogP contribution in [0.5, 0.6) is 5.75 Å². The molecule has 0 aliphatic heterocycles. The van der Waals surface area contributed by atoms with Gasteiger partial charge < -0.3 is 5.11 Å². The van der Waals surface area contributed by atoms with E-state index < -0.39 is 0 Å². The number of aromatic hydroxyl groups is 1. The van der Waals surface area contributed by atoms with Crippen molar-refractivity contribution in [2.24, 2.45) is 0 Å². The van der Waals surface area contributed by atoms with Crippen molar-refractivity contribution in [1.29, 1.82) is 0 Å². The molecule has 17 heavy (non-hydrogen) atoms. The van der Waals surface area contributed by atoms with Crippen LogP contribution in [0.2, 0.25) is 0 Å². The molecule has 0 heterocycles. The van der Waals surface area contributed by atoms with Gasteiger partial charge in [-0.05, 0) is 12.1 Å². The first-order valence-electron chi connectivity index (χ1n) is 6.14. The van der Waals surface area contributed by atoms with Gasteiger partial charge >= 0.3 is 0 Å². The van der Waals surface area contributed by atoms with Crippen molar-refractivity contribution in [2.45, 2.75) is 51.9 Å². The maximum Gasteiger partial charge on any atom is 0.181 e. The van der Waals surface area contributed by atoms with Crippen molar-refractivity contribution >= 4 is 17.4 Å². The van der Waals surface area contributed by atoms with Crippen molar-refractivity contribution in [3.05, 3.63) is 24.3 Å². The highest BCUT2D eigenvalue weighted by atomic mass is 32.2. The lowest BCUT2D eigenvalue weighted by atomic mass is 10.3. The summed E-state index contributed by atoms with van der Waals surface area (Å²) in [6.07, 6.45) is 4.08. The van der Waals surface area contributed by atoms with E-state index >= 15 is 0 Å². The number of phenols is 1. The van der Waals surface area contributed by atoms with Crippen LogP contribution in [-0.4, -0.2) is 10.7 Å². The number of carbonyl (C=O) groups is 1. The van der Waals surface area contributed by atoms with Gasteiger partial charge in [-0.3, -0.25) is 4.79 Å². The van der Waals surface area contributed by atoms with Crippen molar-refractivity contribution in [2.75, 3.05) is 0 Å². The molecule has 1 aromatic carbocycles. The largest absolute Gasteiger partial charge is 0.507 e. The number of hydrogen-bond acceptors (Lipinski definition) is 3. The molecule has 0 spiro atoms.